The average molecular weight is 434 g/mol. The van der Waals surface area contributed by atoms with E-state index in [2.05, 4.69) is 20.1 Å². The van der Waals surface area contributed by atoms with Gasteiger partial charge in [-0.15, -0.1) is 0 Å². The van der Waals surface area contributed by atoms with Crippen LogP contribution in [0, 0.1) is 0 Å². The number of imidazole rings is 1. The van der Waals surface area contributed by atoms with E-state index < -0.39 is 18.4 Å². The molecule has 0 radical (unpaired) electrons. The van der Waals surface area contributed by atoms with E-state index in [0.29, 0.717) is 35.5 Å². The molecule has 0 saturated heterocycles. The lowest BCUT2D eigenvalue weighted by molar-refractivity contribution is 0.0648. The fourth-order valence-corrected chi connectivity index (χ4v) is 4.26. The molecule has 0 aliphatic carbocycles. The Bertz CT molecular complexity index is 1440. The first kappa shape index (κ1) is 18.7. The molecule has 0 unspecified atom stereocenters. The van der Waals surface area contributed by atoms with Crippen molar-refractivity contribution in [1.82, 2.24) is 29.5 Å². The summed E-state index contributed by atoms with van der Waals surface area (Å²) in [6, 6.07) is 10.9. The molecule has 1 atom stereocenters. The molecule has 32 heavy (non-hydrogen) atoms. The Morgan fingerprint density at radius 1 is 1.22 bits per heavy atom. The Balaban J connectivity index is 1.48. The smallest absolute Gasteiger partial charge is 0.310 e. The molecule has 160 valence electrons. The van der Waals surface area contributed by atoms with Crippen LogP contribution in [-0.4, -0.2) is 41.9 Å². The van der Waals surface area contributed by atoms with Crippen LogP contribution in [-0.2, 0) is 6.42 Å². The number of H-pyrrole nitrogens is 1. The van der Waals surface area contributed by atoms with Crippen LogP contribution in [0.25, 0.3) is 16.6 Å². The van der Waals surface area contributed by atoms with Crippen LogP contribution < -0.4 is 0 Å². The summed E-state index contributed by atoms with van der Waals surface area (Å²) in [5.41, 5.74) is 3.20. The lowest BCUT2D eigenvalue weighted by Gasteiger charge is -2.32. The lowest BCUT2D eigenvalue weighted by Crippen LogP contribution is -2.41. The summed E-state index contributed by atoms with van der Waals surface area (Å²) in [5, 5.41) is 4.51. The highest BCUT2D eigenvalue weighted by Crippen LogP contribution is 2.35. The zero-order valence-electron chi connectivity index (χ0n) is 16.6. The maximum absolute atomic E-state index is 13.5. The number of fused-ring (bicyclic) bond motifs is 3. The first-order valence-corrected chi connectivity index (χ1v) is 10.0. The highest BCUT2D eigenvalue weighted by Gasteiger charge is 2.38. The summed E-state index contributed by atoms with van der Waals surface area (Å²) < 4.78 is 34.1. The largest absolute Gasteiger partial charge is 0.432 e. The number of nitrogens with zero attached hydrogens (tertiary/aromatic N) is 5. The summed E-state index contributed by atoms with van der Waals surface area (Å²) in [6.45, 7) is 0.368. The zero-order chi connectivity index (χ0) is 21.8. The summed E-state index contributed by atoms with van der Waals surface area (Å²) in [6.07, 6.45) is 1.08. The Hall–Kier alpha value is -4.08. The molecule has 1 aliphatic rings. The number of pyridine rings is 1. The zero-order valence-corrected chi connectivity index (χ0v) is 16.6. The normalized spacial score (nSPS) is 16.2. The fourth-order valence-electron chi connectivity index (χ4n) is 4.26. The van der Waals surface area contributed by atoms with E-state index in [1.807, 2.05) is 6.07 Å². The number of carbonyl (C=O) groups is 1. The first-order valence-electron chi connectivity index (χ1n) is 10.0. The van der Waals surface area contributed by atoms with Gasteiger partial charge in [-0.25, -0.2) is 23.3 Å². The minimum Gasteiger partial charge on any atom is -0.432 e. The summed E-state index contributed by atoms with van der Waals surface area (Å²) >= 11 is 0. The second kappa shape index (κ2) is 6.98. The second-order valence-corrected chi connectivity index (χ2v) is 7.57. The molecule has 0 fully saturated rings. The van der Waals surface area contributed by atoms with Gasteiger partial charge in [-0.1, -0.05) is 12.1 Å². The molecule has 1 aliphatic heterocycles. The van der Waals surface area contributed by atoms with Crippen molar-refractivity contribution in [1.29, 1.82) is 0 Å². The Kier molecular flexibility index (Phi) is 4.07. The van der Waals surface area contributed by atoms with Crippen LogP contribution in [0.4, 0.5) is 8.78 Å². The highest BCUT2D eigenvalue weighted by molar-refractivity contribution is 5.93. The van der Waals surface area contributed by atoms with E-state index in [0.717, 1.165) is 5.69 Å². The molecule has 5 heterocycles. The molecule has 8 nitrogen and oxygen atoms in total. The van der Waals surface area contributed by atoms with E-state index in [-0.39, 0.29) is 17.0 Å². The number of amides is 1. The third kappa shape index (κ3) is 2.79. The number of benzene rings is 1. The third-order valence-corrected chi connectivity index (χ3v) is 5.73. The van der Waals surface area contributed by atoms with Gasteiger partial charge < -0.3 is 14.3 Å². The third-order valence-electron chi connectivity index (χ3n) is 5.73. The molecular weight excluding hydrogens is 418 g/mol. The number of alkyl halides is 2. The molecule has 1 N–H and O–H groups in total. The van der Waals surface area contributed by atoms with E-state index in [4.69, 9.17) is 4.42 Å². The van der Waals surface area contributed by atoms with E-state index in [9.17, 15) is 13.6 Å². The van der Waals surface area contributed by atoms with Crippen molar-refractivity contribution >= 4 is 22.5 Å². The number of hydrogen-bond acceptors (Lipinski definition) is 5. The number of aromatic amines is 1. The minimum absolute atomic E-state index is 0.0350. The molecule has 0 spiro atoms. The predicted molar refractivity (Wildman–Crippen MR) is 109 cm³/mol. The van der Waals surface area contributed by atoms with Crippen molar-refractivity contribution in [3.05, 3.63) is 83.5 Å². The maximum atomic E-state index is 13.5. The van der Waals surface area contributed by atoms with Gasteiger partial charge in [0.2, 0.25) is 0 Å². The molecule has 1 amide bonds. The number of rotatable bonds is 3. The van der Waals surface area contributed by atoms with Crippen molar-refractivity contribution in [2.75, 3.05) is 6.54 Å². The lowest BCUT2D eigenvalue weighted by atomic mass is 9.99. The molecule has 0 bridgehead atoms. The van der Waals surface area contributed by atoms with Crippen LogP contribution in [0.1, 0.15) is 45.8 Å². The second-order valence-electron chi connectivity index (χ2n) is 7.57. The summed E-state index contributed by atoms with van der Waals surface area (Å²) in [7, 11) is 0. The van der Waals surface area contributed by atoms with E-state index in [1.54, 1.807) is 41.7 Å². The standard InChI is InChI=1S/C22H16F2N6O2/c23-20(24)12-4-3-8-30-16(12)10-15(28-30)19-18-14(25-11-26-18)7-9-29(19)22(31)21-27-13-5-1-2-6-17(13)32-21/h1-6,8,10-11,19-20H,7,9H2,(H,25,26)/t19-/m1/s1. The van der Waals surface area contributed by atoms with E-state index >= 15 is 0 Å². The molecule has 4 aromatic heterocycles. The van der Waals surface area contributed by atoms with Crippen molar-refractivity contribution in [2.45, 2.75) is 18.9 Å². The Morgan fingerprint density at radius 2 is 2.09 bits per heavy atom. The number of nitrogens with one attached hydrogen (secondary N) is 1. The Labute approximate surface area is 179 Å². The van der Waals surface area contributed by atoms with Crippen molar-refractivity contribution < 1.29 is 18.0 Å². The quantitative estimate of drug-likeness (QED) is 0.465. The van der Waals surface area contributed by atoms with Gasteiger partial charge in [-0.3, -0.25) is 4.79 Å². The van der Waals surface area contributed by atoms with E-state index in [1.165, 1.54) is 16.6 Å². The van der Waals surface area contributed by atoms with Gasteiger partial charge in [0.15, 0.2) is 5.58 Å². The number of aromatic nitrogens is 5. The number of para-hydroxylation sites is 2. The van der Waals surface area contributed by atoms with Gasteiger partial charge in [-0.2, -0.15) is 5.10 Å². The summed E-state index contributed by atoms with van der Waals surface area (Å²) in [5.74, 6) is -0.446. The van der Waals surface area contributed by atoms with Gasteiger partial charge in [0.1, 0.15) is 11.6 Å². The van der Waals surface area contributed by atoms with Crippen molar-refractivity contribution in [2.24, 2.45) is 0 Å². The molecule has 10 heteroatoms. The maximum Gasteiger partial charge on any atom is 0.310 e. The van der Waals surface area contributed by atoms with Crippen LogP contribution in [0.15, 0.2) is 59.4 Å². The topological polar surface area (TPSA) is 92.3 Å². The Morgan fingerprint density at radius 3 is 2.94 bits per heavy atom. The molecular formula is C22H16F2N6O2. The molecule has 0 saturated carbocycles. The average Bonchev–Trinajstić information content (AvgIpc) is 3.54. The highest BCUT2D eigenvalue weighted by atomic mass is 19.3. The number of carbonyl (C=O) groups excluding carboxylic acids is 1. The molecule has 5 aromatic rings. The molecule has 6 rings (SSSR count). The van der Waals surface area contributed by atoms with Crippen LogP contribution in [0.3, 0.4) is 0 Å². The van der Waals surface area contributed by atoms with Crippen molar-refractivity contribution in [3.63, 3.8) is 0 Å². The first-order chi connectivity index (χ1) is 15.6. The van der Waals surface area contributed by atoms with Crippen LogP contribution >= 0.6 is 0 Å². The van der Waals surface area contributed by atoms with Gasteiger partial charge in [-0.05, 0) is 30.3 Å². The van der Waals surface area contributed by atoms with Gasteiger partial charge in [0.05, 0.1) is 23.2 Å². The number of hydrogen-bond donors (Lipinski definition) is 1. The predicted octanol–water partition coefficient (Wildman–Crippen LogP) is 3.92. The SMILES string of the molecule is O=C(c1nc2ccccc2o1)N1CCc2[nH]cnc2[C@H]1c1cc2c(C(F)F)cccn2n1. The van der Waals surface area contributed by atoms with Crippen LogP contribution in [0.5, 0.6) is 0 Å². The fraction of sp³-hybridized carbons (Fsp3) is 0.182. The van der Waals surface area contributed by atoms with Gasteiger partial charge in [0, 0.05) is 30.4 Å². The summed E-state index contributed by atoms with van der Waals surface area (Å²) in [4.78, 5) is 26.9. The van der Waals surface area contributed by atoms with Gasteiger partial charge in [0.25, 0.3) is 12.3 Å². The van der Waals surface area contributed by atoms with Crippen molar-refractivity contribution in [3.8, 4) is 0 Å². The minimum atomic E-state index is -2.65. The van der Waals surface area contributed by atoms with Gasteiger partial charge >= 0.3 is 5.91 Å². The number of oxazole rings is 1. The number of halogens is 2. The van der Waals surface area contributed by atoms with Crippen LogP contribution in [0.2, 0.25) is 0 Å². The molecule has 1 aromatic carbocycles. The monoisotopic (exact) mass is 434 g/mol.